The van der Waals surface area contributed by atoms with E-state index in [-0.39, 0.29) is 11.9 Å². The molecule has 0 aliphatic rings. The van der Waals surface area contributed by atoms with E-state index in [0.717, 1.165) is 16.3 Å². The van der Waals surface area contributed by atoms with Crippen molar-refractivity contribution >= 4 is 16.7 Å². The van der Waals surface area contributed by atoms with Gasteiger partial charge in [-0.1, -0.05) is 30.3 Å². The Labute approximate surface area is 171 Å². The predicted molar refractivity (Wildman–Crippen MR) is 115 cm³/mol. The van der Waals surface area contributed by atoms with Gasteiger partial charge in [0.1, 0.15) is 5.75 Å². The highest BCUT2D eigenvalue weighted by molar-refractivity contribution is 6.01. The van der Waals surface area contributed by atoms with Crippen LogP contribution in [0.1, 0.15) is 42.7 Å². The molecule has 0 aliphatic heterocycles. The number of ether oxygens (including phenoxy) is 3. The van der Waals surface area contributed by atoms with Gasteiger partial charge in [0.25, 0.3) is 5.91 Å². The van der Waals surface area contributed by atoms with E-state index in [1.165, 1.54) is 0 Å². The van der Waals surface area contributed by atoms with E-state index >= 15 is 0 Å². The molecule has 3 aromatic rings. The van der Waals surface area contributed by atoms with Crippen LogP contribution in [0.5, 0.6) is 17.2 Å². The third-order valence-electron chi connectivity index (χ3n) is 4.73. The van der Waals surface area contributed by atoms with Gasteiger partial charge in [0, 0.05) is 0 Å². The Bertz CT molecular complexity index is 999. The lowest BCUT2D eigenvalue weighted by atomic mass is 10.0. The third kappa shape index (κ3) is 4.62. The average Bonchev–Trinajstić information content (AvgIpc) is 2.74. The summed E-state index contributed by atoms with van der Waals surface area (Å²) in [6.07, 6.45) is 0. The lowest BCUT2D eigenvalue weighted by Crippen LogP contribution is -2.27. The Kier molecular flexibility index (Phi) is 6.60. The molecule has 1 N–H and O–H groups in total. The van der Waals surface area contributed by atoms with E-state index in [4.69, 9.17) is 14.2 Å². The lowest BCUT2D eigenvalue weighted by Gasteiger charge is -2.18. The number of hydrogen-bond acceptors (Lipinski definition) is 4. The lowest BCUT2D eigenvalue weighted by molar-refractivity contribution is 0.0937. The highest BCUT2D eigenvalue weighted by Crippen LogP contribution is 2.31. The van der Waals surface area contributed by atoms with Gasteiger partial charge in [-0.3, -0.25) is 4.79 Å². The van der Waals surface area contributed by atoms with Crippen LogP contribution in [0.3, 0.4) is 0 Å². The van der Waals surface area contributed by atoms with Crippen LogP contribution < -0.4 is 19.5 Å². The Morgan fingerprint density at radius 3 is 2.21 bits per heavy atom. The molecule has 5 heteroatoms. The van der Waals surface area contributed by atoms with E-state index in [1.807, 2.05) is 75.4 Å². The van der Waals surface area contributed by atoms with Gasteiger partial charge in [0.2, 0.25) is 0 Å². The summed E-state index contributed by atoms with van der Waals surface area (Å²) in [6.45, 7) is 6.91. The van der Waals surface area contributed by atoms with Gasteiger partial charge in [0.15, 0.2) is 11.5 Å². The van der Waals surface area contributed by atoms with Crippen LogP contribution in [0.15, 0.2) is 54.6 Å². The average molecular weight is 393 g/mol. The molecule has 0 bridgehead atoms. The van der Waals surface area contributed by atoms with Crippen LogP contribution in [0.4, 0.5) is 0 Å². The largest absolute Gasteiger partial charge is 0.496 e. The van der Waals surface area contributed by atoms with E-state index in [9.17, 15) is 4.79 Å². The van der Waals surface area contributed by atoms with Gasteiger partial charge >= 0.3 is 0 Å². The molecule has 0 radical (unpaired) electrons. The maximum Gasteiger partial charge on any atom is 0.255 e. The van der Waals surface area contributed by atoms with E-state index in [1.54, 1.807) is 7.11 Å². The number of amides is 1. The molecule has 0 aliphatic carbocycles. The molecular formula is C24H27NO4. The molecule has 0 spiro atoms. The summed E-state index contributed by atoms with van der Waals surface area (Å²) in [4.78, 5) is 13.0. The third-order valence-corrected chi connectivity index (χ3v) is 4.73. The zero-order valence-electron chi connectivity index (χ0n) is 17.3. The first-order valence-corrected chi connectivity index (χ1v) is 9.84. The second-order valence-electron chi connectivity index (χ2n) is 6.67. The van der Waals surface area contributed by atoms with Crippen LogP contribution >= 0.6 is 0 Å². The topological polar surface area (TPSA) is 56.8 Å². The van der Waals surface area contributed by atoms with E-state index < -0.39 is 0 Å². The molecular weight excluding hydrogens is 366 g/mol. The first-order valence-electron chi connectivity index (χ1n) is 9.84. The Morgan fingerprint density at radius 2 is 1.55 bits per heavy atom. The second kappa shape index (κ2) is 9.32. The molecule has 0 saturated carbocycles. The molecule has 3 aromatic carbocycles. The number of benzene rings is 3. The normalized spacial score (nSPS) is 11.7. The first kappa shape index (κ1) is 20.5. The van der Waals surface area contributed by atoms with Gasteiger partial charge < -0.3 is 19.5 Å². The number of hydrogen-bond donors (Lipinski definition) is 1. The zero-order valence-corrected chi connectivity index (χ0v) is 17.3. The van der Waals surface area contributed by atoms with E-state index in [0.29, 0.717) is 36.0 Å². The van der Waals surface area contributed by atoms with Crippen molar-refractivity contribution in [2.75, 3.05) is 20.3 Å². The van der Waals surface area contributed by atoms with E-state index in [2.05, 4.69) is 5.32 Å². The number of rotatable bonds is 8. The molecule has 1 atom stereocenters. The summed E-state index contributed by atoms with van der Waals surface area (Å²) in [6, 6.07) is 17.2. The van der Waals surface area contributed by atoms with Crippen molar-refractivity contribution in [3.63, 3.8) is 0 Å². The van der Waals surface area contributed by atoms with Crippen molar-refractivity contribution in [3.05, 3.63) is 65.7 Å². The minimum atomic E-state index is -0.214. The van der Waals surface area contributed by atoms with Gasteiger partial charge in [-0.15, -0.1) is 0 Å². The number of nitrogens with one attached hydrogen (secondary N) is 1. The molecule has 29 heavy (non-hydrogen) atoms. The SMILES string of the molecule is CCOc1ccc([C@H](C)NC(=O)c2cc3ccccc3cc2OC)cc1OCC. The molecule has 0 saturated heterocycles. The molecule has 5 nitrogen and oxygen atoms in total. The van der Waals surface area contributed by atoms with Crippen LogP contribution in [0, 0.1) is 0 Å². The highest BCUT2D eigenvalue weighted by atomic mass is 16.5. The smallest absolute Gasteiger partial charge is 0.255 e. The molecule has 0 unspecified atom stereocenters. The van der Waals surface area contributed by atoms with Gasteiger partial charge in [-0.25, -0.2) is 0 Å². The van der Waals surface area contributed by atoms with Gasteiger partial charge in [-0.2, -0.15) is 0 Å². The fourth-order valence-corrected chi connectivity index (χ4v) is 3.26. The molecule has 0 heterocycles. The van der Waals surface area contributed by atoms with Crippen molar-refractivity contribution in [1.29, 1.82) is 0 Å². The minimum absolute atomic E-state index is 0.188. The van der Waals surface area contributed by atoms with Crippen molar-refractivity contribution < 1.29 is 19.0 Å². The fourth-order valence-electron chi connectivity index (χ4n) is 3.26. The Hall–Kier alpha value is -3.21. The van der Waals surface area contributed by atoms with Gasteiger partial charge in [-0.05, 0) is 61.4 Å². The molecule has 1 amide bonds. The van der Waals surface area contributed by atoms with Crippen molar-refractivity contribution in [2.24, 2.45) is 0 Å². The van der Waals surface area contributed by atoms with Crippen molar-refractivity contribution in [1.82, 2.24) is 5.32 Å². The fraction of sp³-hybridized carbons (Fsp3) is 0.292. The predicted octanol–water partition coefficient (Wildman–Crippen LogP) is 5.14. The molecule has 3 rings (SSSR count). The summed E-state index contributed by atoms with van der Waals surface area (Å²) in [5, 5.41) is 5.08. The quantitative estimate of drug-likeness (QED) is 0.576. The summed E-state index contributed by atoms with van der Waals surface area (Å²) >= 11 is 0. The van der Waals surface area contributed by atoms with Crippen molar-refractivity contribution in [3.8, 4) is 17.2 Å². The van der Waals surface area contributed by atoms with Crippen molar-refractivity contribution in [2.45, 2.75) is 26.8 Å². The monoisotopic (exact) mass is 393 g/mol. The Morgan fingerprint density at radius 1 is 0.897 bits per heavy atom. The number of carbonyl (C=O) groups excluding carboxylic acids is 1. The maximum absolute atomic E-state index is 13.0. The minimum Gasteiger partial charge on any atom is -0.496 e. The number of fused-ring (bicyclic) bond motifs is 1. The van der Waals surface area contributed by atoms with Crippen LogP contribution in [-0.4, -0.2) is 26.2 Å². The van der Waals surface area contributed by atoms with Crippen LogP contribution in [0.2, 0.25) is 0 Å². The van der Waals surface area contributed by atoms with Gasteiger partial charge in [0.05, 0.1) is 31.9 Å². The first-order chi connectivity index (χ1) is 14.1. The van der Waals surface area contributed by atoms with Crippen LogP contribution in [-0.2, 0) is 0 Å². The molecule has 152 valence electrons. The standard InChI is InChI=1S/C24H27NO4/c1-5-28-21-12-11-17(14-23(21)29-6-2)16(3)25-24(26)20-13-18-9-7-8-10-19(18)15-22(20)27-4/h7-16H,5-6H2,1-4H3,(H,25,26)/t16-/m0/s1. The Balaban J connectivity index is 1.85. The summed E-state index contributed by atoms with van der Waals surface area (Å²) in [7, 11) is 1.57. The highest BCUT2D eigenvalue weighted by Gasteiger charge is 2.18. The zero-order chi connectivity index (χ0) is 20.8. The number of carbonyl (C=O) groups is 1. The summed E-state index contributed by atoms with van der Waals surface area (Å²) in [5.41, 5.74) is 1.44. The van der Waals surface area contributed by atoms with Crippen LogP contribution in [0.25, 0.3) is 10.8 Å². The molecule has 0 aromatic heterocycles. The molecule has 0 fully saturated rings. The maximum atomic E-state index is 13.0. The second-order valence-corrected chi connectivity index (χ2v) is 6.67. The summed E-state index contributed by atoms with van der Waals surface area (Å²) in [5.74, 6) is 1.74. The number of methoxy groups -OCH3 is 1. The summed E-state index contributed by atoms with van der Waals surface area (Å²) < 4.78 is 16.8.